The number of hydrogen-bond acceptors (Lipinski definition) is 2. The van der Waals surface area contributed by atoms with Crippen molar-refractivity contribution in [3.05, 3.63) is 64.2 Å². The van der Waals surface area contributed by atoms with E-state index in [1.165, 1.54) is 11.1 Å². The molecule has 0 fully saturated rings. The van der Waals surface area contributed by atoms with Crippen LogP contribution in [0, 0.1) is 20.8 Å². The third-order valence-corrected chi connectivity index (χ3v) is 3.22. The van der Waals surface area contributed by atoms with Gasteiger partial charge in [0, 0.05) is 6.54 Å². The molecule has 0 amide bonds. The highest BCUT2D eigenvalue weighted by Gasteiger charge is 2.06. The van der Waals surface area contributed by atoms with Crippen LogP contribution in [0.15, 0.2) is 36.4 Å². The van der Waals surface area contributed by atoms with Gasteiger partial charge in [-0.15, -0.1) is 0 Å². The van der Waals surface area contributed by atoms with E-state index in [0.29, 0.717) is 13.2 Å². The Labute approximate surface area is 115 Å². The van der Waals surface area contributed by atoms with Gasteiger partial charge in [0.1, 0.15) is 12.4 Å². The van der Waals surface area contributed by atoms with Gasteiger partial charge >= 0.3 is 0 Å². The maximum atomic E-state index is 5.97. The fourth-order valence-corrected chi connectivity index (χ4v) is 2.34. The molecule has 0 aliphatic heterocycles. The number of benzene rings is 2. The zero-order valence-corrected chi connectivity index (χ0v) is 11.9. The molecule has 0 bridgehead atoms. The number of hydrogen-bond donors (Lipinski definition) is 1. The molecule has 0 aliphatic rings. The van der Waals surface area contributed by atoms with Gasteiger partial charge in [-0.3, -0.25) is 0 Å². The summed E-state index contributed by atoms with van der Waals surface area (Å²) in [7, 11) is 0. The maximum absolute atomic E-state index is 5.97. The second kappa shape index (κ2) is 5.89. The van der Waals surface area contributed by atoms with Crippen LogP contribution in [-0.4, -0.2) is 0 Å². The fourth-order valence-electron chi connectivity index (χ4n) is 2.34. The van der Waals surface area contributed by atoms with E-state index < -0.39 is 0 Å². The normalized spacial score (nSPS) is 10.5. The summed E-state index contributed by atoms with van der Waals surface area (Å²) in [5.74, 6) is 0.971. The van der Waals surface area contributed by atoms with Gasteiger partial charge in [0.2, 0.25) is 0 Å². The van der Waals surface area contributed by atoms with Gasteiger partial charge < -0.3 is 10.5 Å². The zero-order chi connectivity index (χ0) is 13.8. The van der Waals surface area contributed by atoms with Gasteiger partial charge in [0.25, 0.3) is 0 Å². The molecule has 100 valence electrons. The first-order chi connectivity index (χ1) is 9.10. The average molecular weight is 255 g/mol. The van der Waals surface area contributed by atoms with Crippen molar-refractivity contribution in [1.29, 1.82) is 0 Å². The van der Waals surface area contributed by atoms with Crippen LogP contribution in [0.2, 0.25) is 0 Å². The summed E-state index contributed by atoms with van der Waals surface area (Å²) < 4.78 is 5.97. The number of aryl methyl sites for hydroxylation is 3. The predicted molar refractivity (Wildman–Crippen MR) is 79.3 cm³/mol. The zero-order valence-electron chi connectivity index (χ0n) is 11.9. The Balaban J connectivity index is 2.16. The first kappa shape index (κ1) is 13.6. The van der Waals surface area contributed by atoms with Crippen molar-refractivity contribution in [3.8, 4) is 5.75 Å². The van der Waals surface area contributed by atoms with E-state index in [9.17, 15) is 0 Å². The lowest BCUT2D eigenvalue weighted by Crippen LogP contribution is -2.02. The standard InChI is InChI=1S/C17H21NO/c1-12-5-4-6-15(7-12)11-19-17-13(2)8-16(10-18)9-14(17)3/h4-9H,10-11,18H2,1-3H3. The highest BCUT2D eigenvalue weighted by molar-refractivity contribution is 5.43. The van der Waals surface area contributed by atoms with Gasteiger partial charge in [-0.25, -0.2) is 0 Å². The molecule has 0 atom stereocenters. The molecule has 0 saturated carbocycles. The molecule has 2 heteroatoms. The smallest absolute Gasteiger partial charge is 0.125 e. The topological polar surface area (TPSA) is 35.2 Å². The SMILES string of the molecule is Cc1cccc(COc2c(C)cc(CN)cc2C)c1. The van der Waals surface area contributed by atoms with Crippen molar-refractivity contribution < 1.29 is 4.74 Å². The maximum Gasteiger partial charge on any atom is 0.125 e. The molecule has 2 N–H and O–H groups in total. The Kier molecular flexibility index (Phi) is 4.23. The summed E-state index contributed by atoms with van der Waals surface area (Å²) in [6.45, 7) is 7.40. The van der Waals surface area contributed by atoms with Crippen molar-refractivity contribution in [3.63, 3.8) is 0 Å². The Morgan fingerprint density at radius 2 is 1.63 bits per heavy atom. The second-order valence-corrected chi connectivity index (χ2v) is 5.04. The van der Waals surface area contributed by atoms with Crippen LogP contribution in [0.25, 0.3) is 0 Å². The Bertz CT molecular complexity index is 552. The molecule has 2 aromatic rings. The van der Waals surface area contributed by atoms with Gasteiger partial charge in [-0.05, 0) is 43.0 Å². The van der Waals surface area contributed by atoms with E-state index in [4.69, 9.17) is 10.5 Å². The molecule has 19 heavy (non-hydrogen) atoms. The lowest BCUT2D eigenvalue weighted by atomic mass is 10.1. The Morgan fingerprint density at radius 3 is 2.21 bits per heavy atom. The van der Waals surface area contributed by atoms with E-state index in [-0.39, 0.29) is 0 Å². The minimum absolute atomic E-state index is 0.569. The van der Waals surface area contributed by atoms with E-state index in [1.54, 1.807) is 0 Å². The lowest BCUT2D eigenvalue weighted by Gasteiger charge is -2.14. The molecule has 0 spiro atoms. The first-order valence-electron chi connectivity index (χ1n) is 6.58. The Morgan fingerprint density at radius 1 is 0.947 bits per heavy atom. The molecule has 2 rings (SSSR count). The van der Waals surface area contributed by atoms with Crippen molar-refractivity contribution in [1.82, 2.24) is 0 Å². The van der Waals surface area contributed by atoms with Crippen LogP contribution in [0.3, 0.4) is 0 Å². The first-order valence-corrected chi connectivity index (χ1v) is 6.58. The quantitative estimate of drug-likeness (QED) is 0.905. The number of ether oxygens (including phenoxy) is 1. The van der Waals surface area contributed by atoms with Crippen molar-refractivity contribution in [2.75, 3.05) is 0 Å². The van der Waals surface area contributed by atoms with Crippen LogP contribution < -0.4 is 10.5 Å². The number of rotatable bonds is 4. The lowest BCUT2D eigenvalue weighted by molar-refractivity contribution is 0.302. The molecule has 2 aromatic carbocycles. The largest absolute Gasteiger partial charge is 0.488 e. The van der Waals surface area contributed by atoms with Gasteiger partial charge in [0.05, 0.1) is 0 Å². The van der Waals surface area contributed by atoms with Crippen LogP contribution in [0.1, 0.15) is 27.8 Å². The molecule has 0 unspecified atom stereocenters. The van der Waals surface area contributed by atoms with E-state index in [2.05, 4.69) is 57.2 Å². The van der Waals surface area contributed by atoms with Gasteiger partial charge in [-0.2, -0.15) is 0 Å². The molecule has 0 heterocycles. The van der Waals surface area contributed by atoms with E-state index in [1.807, 2.05) is 0 Å². The van der Waals surface area contributed by atoms with E-state index in [0.717, 1.165) is 22.4 Å². The highest BCUT2D eigenvalue weighted by Crippen LogP contribution is 2.25. The molecule has 0 aromatic heterocycles. The highest BCUT2D eigenvalue weighted by atomic mass is 16.5. The third-order valence-electron chi connectivity index (χ3n) is 3.22. The van der Waals surface area contributed by atoms with Gasteiger partial charge in [-0.1, -0.05) is 42.0 Å². The Hall–Kier alpha value is -1.80. The summed E-state index contributed by atoms with van der Waals surface area (Å²) in [4.78, 5) is 0. The fraction of sp³-hybridized carbons (Fsp3) is 0.294. The predicted octanol–water partition coefficient (Wildman–Crippen LogP) is 3.65. The van der Waals surface area contributed by atoms with E-state index >= 15 is 0 Å². The van der Waals surface area contributed by atoms with Crippen LogP contribution in [-0.2, 0) is 13.2 Å². The molecular formula is C17H21NO. The summed E-state index contributed by atoms with van der Waals surface area (Å²) in [5.41, 5.74) is 11.6. The summed E-state index contributed by atoms with van der Waals surface area (Å²) in [6.07, 6.45) is 0. The molecule has 0 aliphatic carbocycles. The van der Waals surface area contributed by atoms with Crippen molar-refractivity contribution in [2.24, 2.45) is 5.73 Å². The van der Waals surface area contributed by atoms with Crippen molar-refractivity contribution >= 4 is 0 Å². The second-order valence-electron chi connectivity index (χ2n) is 5.04. The summed E-state index contributed by atoms with van der Waals surface area (Å²) in [6, 6.07) is 12.6. The average Bonchev–Trinajstić information content (AvgIpc) is 2.37. The third kappa shape index (κ3) is 3.36. The minimum Gasteiger partial charge on any atom is -0.488 e. The van der Waals surface area contributed by atoms with Crippen LogP contribution in [0.5, 0.6) is 5.75 Å². The molecule has 2 nitrogen and oxygen atoms in total. The van der Waals surface area contributed by atoms with Gasteiger partial charge in [0.15, 0.2) is 0 Å². The van der Waals surface area contributed by atoms with Crippen LogP contribution >= 0.6 is 0 Å². The summed E-state index contributed by atoms with van der Waals surface area (Å²) in [5, 5.41) is 0. The molecule has 0 saturated heterocycles. The number of nitrogens with two attached hydrogens (primary N) is 1. The van der Waals surface area contributed by atoms with Crippen LogP contribution in [0.4, 0.5) is 0 Å². The molecular weight excluding hydrogens is 234 g/mol. The minimum atomic E-state index is 0.569. The molecule has 0 radical (unpaired) electrons. The monoisotopic (exact) mass is 255 g/mol. The van der Waals surface area contributed by atoms with Crippen molar-refractivity contribution in [2.45, 2.75) is 33.9 Å². The summed E-state index contributed by atoms with van der Waals surface area (Å²) >= 11 is 0.